The smallest absolute Gasteiger partial charge is 0.250 e. The van der Waals surface area contributed by atoms with Crippen LogP contribution in [-0.4, -0.2) is 50.3 Å². The summed E-state index contributed by atoms with van der Waals surface area (Å²) in [6, 6.07) is 17.7. The zero-order valence-corrected chi connectivity index (χ0v) is 24.9. The number of thioether (sulfide) groups is 1. The molecule has 3 amide bonds. The highest BCUT2D eigenvalue weighted by molar-refractivity contribution is 8.01. The minimum absolute atomic E-state index is 0.00390. The van der Waals surface area contributed by atoms with Crippen molar-refractivity contribution in [2.75, 3.05) is 32.3 Å². The van der Waals surface area contributed by atoms with Gasteiger partial charge >= 0.3 is 0 Å². The number of carbonyl (C=O) groups is 3. The minimum Gasteiger partial charge on any atom is -0.493 e. The molecule has 0 aliphatic carbocycles. The van der Waals surface area contributed by atoms with Crippen molar-refractivity contribution in [1.29, 1.82) is 0 Å². The monoisotopic (exact) mass is 609 g/mol. The van der Waals surface area contributed by atoms with Crippen molar-refractivity contribution in [3.05, 3.63) is 95.0 Å². The highest BCUT2D eigenvalue weighted by atomic mass is 35.5. The number of nitrogens with zero attached hydrogens (tertiary/aromatic N) is 1. The second kappa shape index (κ2) is 14.2. The highest BCUT2D eigenvalue weighted by Crippen LogP contribution is 2.47. The Morgan fingerprint density at radius 3 is 2.45 bits per heavy atom. The molecule has 2 atom stereocenters. The van der Waals surface area contributed by atoms with E-state index in [1.165, 1.54) is 17.8 Å². The molecule has 1 saturated heterocycles. The summed E-state index contributed by atoms with van der Waals surface area (Å²) in [6.45, 7) is 4.42. The van der Waals surface area contributed by atoms with E-state index in [1.807, 2.05) is 42.5 Å². The molecule has 3 aromatic carbocycles. The Kier molecular flexibility index (Phi) is 10.4. The van der Waals surface area contributed by atoms with Crippen LogP contribution in [0.15, 0.2) is 73.3 Å². The molecule has 1 aliphatic heterocycles. The number of methoxy groups -OCH3 is 2. The van der Waals surface area contributed by atoms with Crippen LogP contribution in [0.2, 0.25) is 5.02 Å². The number of primary amides is 1. The average molecular weight is 610 g/mol. The zero-order chi connectivity index (χ0) is 30.2. The molecule has 0 radical (unpaired) electrons. The fraction of sp³-hybridized carbons (Fsp3) is 0.258. The zero-order valence-electron chi connectivity index (χ0n) is 23.3. The first kappa shape index (κ1) is 30.8. The standard InChI is InChI=1S/C31H32ClN3O6S/c1-4-15-41-22-9-6-20(7-10-22)31-35(21-8-11-23(29(33)37)24(32)17-21)30(38)27(42-31)18-28(36)34-14-13-19-5-12-25(39-2)26(16-19)40-3/h4-12,16-17,27,31H,1,13-15,18H2,2-3H3,(H2,33,37)(H,34,36). The first-order chi connectivity index (χ1) is 20.2. The van der Waals surface area contributed by atoms with Crippen molar-refractivity contribution in [2.45, 2.75) is 23.5 Å². The van der Waals surface area contributed by atoms with Crippen LogP contribution in [0.5, 0.6) is 17.2 Å². The molecule has 4 rings (SSSR count). The van der Waals surface area contributed by atoms with E-state index in [9.17, 15) is 14.4 Å². The maximum Gasteiger partial charge on any atom is 0.250 e. The second-order valence-electron chi connectivity index (χ2n) is 9.38. The van der Waals surface area contributed by atoms with Gasteiger partial charge in [0.2, 0.25) is 17.7 Å². The van der Waals surface area contributed by atoms with Crippen molar-refractivity contribution in [3.8, 4) is 17.2 Å². The summed E-state index contributed by atoms with van der Waals surface area (Å²) in [6.07, 6.45) is 2.23. The number of halogens is 1. The van der Waals surface area contributed by atoms with E-state index in [2.05, 4.69) is 11.9 Å². The molecule has 1 fully saturated rings. The van der Waals surface area contributed by atoms with Crippen LogP contribution in [0.3, 0.4) is 0 Å². The van der Waals surface area contributed by atoms with E-state index in [-0.39, 0.29) is 28.8 Å². The van der Waals surface area contributed by atoms with E-state index in [0.29, 0.717) is 42.5 Å². The third-order valence-corrected chi connectivity index (χ3v) is 8.37. The number of rotatable bonds is 13. The SMILES string of the molecule is C=CCOc1ccc(C2SC(CC(=O)NCCc3ccc(OC)c(OC)c3)C(=O)N2c2ccc(C(N)=O)c(Cl)c2)cc1. The predicted molar refractivity (Wildman–Crippen MR) is 165 cm³/mol. The Labute approximate surface area is 253 Å². The van der Waals surface area contributed by atoms with Crippen molar-refractivity contribution < 1.29 is 28.6 Å². The van der Waals surface area contributed by atoms with Crippen LogP contribution in [-0.2, 0) is 16.0 Å². The first-order valence-electron chi connectivity index (χ1n) is 13.1. The summed E-state index contributed by atoms with van der Waals surface area (Å²) in [5.74, 6) is 0.768. The van der Waals surface area contributed by atoms with E-state index in [1.54, 1.807) is 37.3 Å². The topological polar surface area (TPSA) is 120 Å². The molecule has 0 saturated carbocycles. The minimum atomic E-state index is -0.664. The number of hydrogen-bond donors (Lipinski definition) is 2. The Balaban J connectivity index is 1.49. The summed E-state index contributed by atoms with van der Waals surface area (Å²) < 4.78 is 16.2. The number of anilines is 1. The number of carbonyl (C=O) groups excluding carboxylic acids is 3. The van der Waals surface area contributed by atoms with Gasteiger partial charge in [-0.3, -0.25) is 19.3 Å². The van der Waals surface area contributed by atoms with Crippen LogP contribution in [0.1, 0.15) is 33.3 Å². The van der Waals surface area contributed by atoms with Gasteiger partial charge in [-0.15, -0.1) is 11.8 Å². The Bertz CT molecular complexity index is 1470. The third-order valence-electron chi connectivity index (χ3n) is 6.62. The molecule has 1 aliphatic rings. The molecular weight excluding hydrogens is 578 g/mol. The number of ether oxygens (including phenoxy) is 3. The largest absolute Gasteiger partial charge is 0.493 e. The first-order valence-corrected chi connectivity index (χ1v) is 14.5. The van der Waals surface area contributed by atoms with Gasteiger partial charge in [0.05, 0.1) is 30.1 Å². The van der Waals surface area contributed by atoms with Gasteiger partial charge in [0.15, 0.2) is 11.5 Å². The maximum atomic E-state index is 13.7. The average Bonchev–Trinajstić information content (AvgIpc) is 3.31. The lowest BCUT2D eigenvalue weighted by Gasteiger charge is -2.25. The van der Waals surface area contributed by atoms with Crippen LogP contribution in [0, 0.1) is 0 Å². The van der Waals surface area contributed by atoms with Crippen LogP contribution in [0.4, 0.5) is 5.69 Å². The van der Waals surface area contributed by atoms with Crippen molar-refractivity contribution in [1.82, 2.24) is 5.32 Å². The Morgan fingerprint density at radius 1 is 1.07 bits per heavy atom. The lowest BCUT2D eigenvalue weighted by molar-refractivity contribution is -0.124. The Hall–Kier alpha value is -4.15. The summed E-state index contributed by atoms with van der Waals surface area (Å²) in [5.41, 5.74) is 7.88. The Morgan fingerprint density at radius 2 is 1.81 bits per heavy atom. The van der Waals surface area contributed by atoms with Gasteiger partial charge in [-0.05, 0) is 60.0 Å². The summed E-state index contributed by atoms with van der Waals surface area (Å²) in [4.78, 5) is 39.9. The van der Waals surface area contributed by atoms with Gasteiger partial charge in [0.1, 0.15) is 17.7 Å². The summed E-state index contributed by atoms with van der Waals surface area (Å²) in [5, 5.41) is 1.98. The number of benzene rings is 3. The van der Waals surface area contributed by atoms with E-state index in [4.69, 9.17) is 31.5 Å². The number of amides is 3. The molecule has 42 heavy (non-hydrogen) atoms. The van der Waals surface area contributed by atoms with Gasteiger partial charge in [0, 0.05) is 18.7 Å². The van der Waals surface area contributed by atoms with Gasteiger partial charge in [-0.1, -0.05) is 42.5 Å². The lowest BCUT2D eigenvalue weighted by Crippen LogP contribution is -2.34. The molecule has 2 unspecified atom stereocenters. The summed E-state index contributed by atoms with van der Waals surface area (Å²) >= 11 is 7.70. The molecule has 0 bridgehead atoms. The quantitative estimate of drug-likeness (QED) is 0.264. The van der Waals surface area contributed by atoms with Crippen molar-refractivity contribution in [2.24, 2.45) is 5.73 Å². The molecule has 220 valence electrons. The summed E-state index contributed by atoms with van der Waals surface area (Å²) in [7, 11) is 3.14. The number of nitrogens with one attached hydrogen (secondary N) is 1. The predicted octanol–water partition coefficient (Wildman–Crippen LogP) is 4.92. The molecule has 3 N–H and O–H groups in total. The lowest BCUT2D eigenvalue weighted by atomic mass is 10.1. The fourth-order valence-corrected chi connectivity index (χ4v) is 6.25. The van der Waals surface area contributed by atoms with E-state index in [0.717, 1.165) is 11.1 Å². The van der Waals surface area contributed by atoms with Crippen LogP contribution < -0.4 is 30.2 Å². The fourth-order valence-electron chi connectivity index (χ4n) is 4.53. The maximum absolute atomic E-state index is 13.7. The highest BCUT2D eigenvalue weighted by Gasteiger charge is 2.43. The second-order valence-corrected chi connectivity index (χ2v) is 11.1. The molecule has 0 spiro atoms. The van der Waals surface area contributed by atoms with E-state index >= 15 is 0 Å². The van der Waals surface area contributed by atoms with Crippen molar-refractivity contribution >= 4 is 46.8 Å². The van der Waals surface area contributed by atoms with Gasteiger partial charge in [-0.2, -0.15) is 0 Å². The normalized spacial score (nSPS) is 16.2. The van der Waals surface area contributed by atoms with Crippen molar-refractivity contribution in [3.63, 3.8) is 0 Å². The number of hydrogen-bond acceptors (Lipinski definition) is 7. The molecular formula is C31H32ClN3O6S. The molecule has 9 nitrogen and oxygen atoms in total. The van der Waals surface area contributed by atoms with Gasteiger partial charge < -0.3 is 25.3 Å². The van der Waals surface area contributed by atoms with Gasteiger partial charge in [0.25, 0.3) is 0 Å². The molecule has 0 aromatic heterocycles. The van der Waals surface area contributed by atoms with Crippen LogP contribution in [0.25, 0.3) is 0 Å². The molecule has 11 heteroatoms. The molecule has 1 heterocycles. The van der Waals surface area contributed by atoms with Gasteiger partial charge in [-0.25, -0.2) is 0 Å². The van der Waals surface area contributed by atoms with Crippen LogP contribution >= 0.6 is 23.4 Å². The number of nitrogens with two attached hydrogens (primary N) is 1. The molecule has 3 aromatic rings. The van der Waals surface area contributed by atoms with E-state index < -0.39 is 16.5 Å². The third kappa shape index (κ3) is 7.18.